The Balaban J connectivity index is 1.53. The normalized spacial score (nSPS) is 10.2. The van der Waals surface area contributed by atoms with Gasteiger partial charge in [0, 0.05) is 34.6 Å². The van der Waals surface area contributed by atoms with Crippen molar-refractivity contribution in [1.82, 2.24) is 15.3 Å². The van der Waals surface area contributed by atoms with Gasteiger partial charge in [-0.2, -0.15) is 0 Å². The van der Waals surface area contributed by atoms with Crippen molar-refractivity contribution >= 4 is 34.0 Å². The fraction of sp³-hybridized carbons (Fsp3) is 0.0588. The number of benzene rings is 1. The van der Waals surface area contributed by atoms with E-state index in [-0.39, 0.29) is 18.4 Å². The molecule has 7 nitrogen and oxygen atoms in total. The van der Waals surface area contributed by atoms with E-state index in [4.69, 9.17) is 5.73 Å². The average Bonchev–Trinajstić information content (AvgIpc) is 3.07. The summed E-state index contributed by atoms with van der Waals surface area (Å²) in [5, 5.41) is 7.67. The summed E-state index contributed by atoms with van der Waals surface area (Å²) in [4.78, 5) is 31.9. The number of thiazole rings is 1. The summed E-state index contributed by atoms with van der Waals surface area (Å²) >= 11 is 1.37. The number of hydrogen-bond donors (Lipinski definition) is 3. The minimum Gasteiger partial charge on any atom is -0.375 e. The molecule has 0 unspecified atom stereocenters. The molecule has 8 heteroatoms. The molecule has 0 saturated carbocycles. The van der Waals surface area contributed by atoms with Crippen molar-refractivity contribution in [2.75, 3.05) is 17.6 Å². The van der Waals surface area contributed by atoms with Crippen LogP contribution >= 0.6 is 11.3 Å². The zero-order valence-electron chi connectivity index (χ0n) is 13.1. The van der Waals surface area contributed by atoms with Gasteiger partial charge in [-0.1, -0.05) is 12.1 Å². The van der Waals surface area contributed by atoms with Crippen molar-refractivity contribution in [3.63, 3.8) is 0 Å². The summed E-state index contributed by atoms with van der Waals surface area (Å²) in [6, 6.07) is 10.4. The van der Waals surface area contributed by atoms with Gasteiger partial charge in [-0.15, -0.1) is 11.3 Å². The van der Waals surface area contributed by atoms with Gasteiger partial charge in [0.25, 0.3) is 5.91 Å². The molecule has 2 aromatic heterocycles. The molecule has 4 N–H and O–H groups in total. The molecular weight excluding hydrogens is 338 g/mol. The Hall–Kier alpha value is -3.26. The van der Waals surface area contributed by atoms with Crippen molar-refractivity contribution in [3.8, 4) is 11.3 Å². The average molecular weight is 353 g/mol. The zero-order chi connectivity index (χ0) is 17.6. The van der Waals surface area contributed by atoms with E-state index < -0.39 is 0 Å². The highest BCUT2D eigenvalue weighted by Gasteiger charge is 2.08. The first kappa shape index (κ1) is 16.6. The second kappa shape index (κ2) is 7.54. The smallest absolute Gasteiger partial charge is 0.251 e. The van der Waals surface area contributed by atoms with E-state index in [2.05, 4.69) is 20.6 Å². The zero-order valence-corrected chi connectivity index (χ0v) is 13.9. The molecule has 25 heavy (non-hydrogen) atoms. The van der Waals surface area contributed by atoms with Crippen molar-refractivity contribution < 1.29 is 9.59 Å². The number of rotatable bonds is 5. The lowest BCUT2D eigenvalue weighted by molar-refractivity contribution is -0.115. The van der Waals surface area contributed by atoms with E-state index in [1.165, 1.54) is 23.7 Å². The number of nitrogens with two attached hydrogens (primary N) is 1. The van der Waals surface area contributed by atoms with Crippen LogP contribution in [0.3, 0.4) is 0 Å². The van der Waals surface area contributed by atoms with Gasteiger partial charge in [0.2, 0.25) is 5.91 Å². The number of aromatic nitrogens is 2. The molecule has 0 aliphatic carbocycles. The lowest BCUT2D eigenvalue weighted by Crippen LogP contribution is -2.32. The van der Waals surface area contributed by atoms with Crippen LogP contribution in [0.2, 0.25) is 0 Å². The van der Waals surface area contributed by atoms with Gasteiger partial charge in [0.15, 0.2) is 5.13 Å². The van der Waals surface area contributed by atoms with Gasteiger partial charge >= 0.3 is 0 Å². The Morgan fingerprint density at radius 1 is 1.08 bits per heavy atom. The fourth-order valence-electron chi connectivity index (χ4n) is 2.12. The number of nitrogens with one attached hydrogen (secondary N) is 2. The van der Waals surface area contributed by atoms with Crippen LogP contribution in [0, 0.1) is 0 Å². The van der Waals surface area contributed by atoms with Gasteiger partial charge in [0.05, 0.1) is 12.2 Å². The number of carbonyl (C=O) groups excluding carboxylic acids is 2. The molecule has 0 spiro atoms. The predicted molar refractivity (Wildman–Crippen MR) is 97.2 cm³/mol. The first-order valence-corrected chi connectivity index (χ1v) is 8.29. The molecule has 0 saturated heterocycles. The van der Waals surface area contributed by atoms with E-state index in [0.29, 0.717) is 16.4 Å². The topological polar surface area (TPSA) is 110 Å². The van der Waals surface area contributed by atoms with Gasteiger partial charge < -0.3 is 16.4 Å². The number of anilines is 2. The minimum absolute atomic E-state index is 0.120. The summed E-state index contributed by atoms with van der Waals surface area (Å²) in [7, 11) is 0. The van der Waals surface area contributed by atoms with E-state index in [9.17, 15) is 9.59 Å². The number of carbonyl (C=O) groups is 2. The molecule has 126 valence electrons. The van der Waals surface area contributed by atoms with Crippen molar-refractivity contribution in [2.24, 2.45) is 0 Å². The molecule has 3 aromatic rings. The summed E-state index contributed by atoms with van der Waals surface area (Å²) in [5.74, 6) is -0.637. The predicted octanol–water partition coefficient (Wildman–Crippen LogP) is 2.16. The number of hydrogen-bond acceptors (Lipinski definition) is 6. The van der Waals surface area contributed by atoms with Gasteiger partial charge in [-0.3, -0.25) is 14.6 Å². The molecular formula is C17H15N5O2S. The molecule has 0 bridgehead atoms. The van der Waals surface area contributed by atoms with Crippen molar-refractivity contribution in [3.05, 3.63) is 59.7 Å². The Morgan fingerprint density at radius 2 is 1.80 bits per heavy atom. The Bertz CT molecular complexity index is 878. The third-order valence-corrected chi connectivity index (χ3v) is 4.01. The first-order chi connectivity index (χ1) is 12.1. The molecule has 0 radical (unpaired) electrons. The van der Waals surface area contributed by atoms with Crippen LogP contribution in [0.5, 0.6) is 0 Å². The van der Waals surface area contributed by atoms with Crippen LogP contribution in [-0.2, 0) is 4.79 Å². The molecule has 3 rings (SSSR count). The van der Waals surface area contributed by atoms with Gasteiger partial charge in [-0.25, -0.2) is 4.98 Å². The SMILES string of the molecule is Nc1nc(-c2ccc(NC(=O)CNC(=O)c3ccncc3)cc2)cs1. The molecule has 0 aliphatic rings. The second-order valence-electron chi connectivity index (χ2n) is 5.12. The van der Waals surface area contributed by atoms with Gasteiger partial charge in [-0.05, 0) is 24.3 Å². The maximum Gasteiger partial charge on any atom is 0.251 e. The number of amides is 2. The van der Waals surface area contributed by atoms with Crippen LogP contribution in [0.15, 0.2) is 54.2 Å². The largest absolute Gasteiger partial charge is 0.375 e. The highest BCUT2D eigenvalue weighted by molar-refractivity contribution is 7.13. The van der Waals surface area contributed by atoms with E-state index in [1.54, 1.807) is 24.3 Å². The van der Waals surface area contributed by atoms with E-state index in [0.717, 1.165) is 11.3 Å². The molecule has 2 heterocycles. The van der Waals surface area contributed by atoms with Crippen LogP contribution in [0.25, 0.3) is 11.3 Å². The van der Waals surface area contributed by atoms with E-state index in [1.807, 2.05) is 17.5 Å². The third kappa shape index (κ3) is 4.39. The van der Waals surface area contributed by atoms with Crippen LogP contribution in [0.1, 0.15) is 10.4 Å². The molecule has 1 aromatic carbocycles. The lowest BCUT2D eigenvalue weighted by atomic mass is 10.1. The summed E-state index contributed by atoms with van der Waals surface area (Å²) in [6.07, 6.45) is 3.04. The molecule has 0 atom stereocenters. The number of nitrogens with zero attached hydrogens (tertiary/aromatic N) is 2. The van der Waals surface area contributed by atoms with Crippen LogP contribution in [-0.4, -0.2) is 28.3 Å². The highest BCUT2D eigenvalue weighted by atomic mass is 32.1. The number of pyridine rings is 1. The van der Waals surface area contributed by atoms with Crippen LogP contribution < -0.4 is 16.4 Å². The maximum atomic E-state index is 11.9. The van der Waals surface area contributed by atoms with Crippen LogP contribution in [0.4, 0.5) is 10.8 Å². The Kier molecular flexibility index (Phi) is 5.00. The van der Waals surface area contributed by atoms with Crippen molar-refractivity contribution in [2.45, 2.75) is 0 Å². The molecule has 2 amide bonds. The standard InChI is InChI=1S/C17H15N5O2S/c18-17-22-14(10-25-17)11-1-3-13(4-2-11)21-15(23)9-20-16(24)12-5-7-19-8-6-12/h1-8,10H,9H2,(H2,18,22)(H,20,24)(H,21,23). The Morgan fingerprint density at radius 3 is 2.44 bits per heavy atom. The maximum absolute atomic E-state index is 11.9. The number of nitrogen functional groups attached to an aromatic ring is 1. The molecule has 0 fully saturated rings. The Labute approximate surface area is 147 Å². The lowest BCUT2D eigenvalue weighted by Gasteiger charge is -2.07. The highest BCUT2D eigenvalue weighted by Crippen LogP contribution is 2.24. The monoisotopic (exact) mass is 353 g/mol. The molecule has 0 aliphatic heterocycles. The summed E-state index contributed by atoms with van der Waals surface area (Å²) < 4.78 is 0. The quantitative estimate of drug-likeness (QED) is 0.651. The van der Waals surface area contributed by atoms with Crippen molar-refractivity contribution in [1.29, 1.82) is 0 Å². The second-order valence-corrected chi connectivity index (χ2v) is 6.00. The fourth-order valence-corrected chi connectivity index (χ4v) is 2.69. The first-order valence-electron chi connectivity index (χ1n) is 7.41. The van der Waals surface area contributed by atoms with E-state index >= 15 is 0 Å². The summed E-state index contributed by atoms with van der Waals surface area (Å²) in [6.45, 7) is -0.120. The minimum atomic E-state index is -0.325. The summed E-state index contributed by atoms with van der Waals surface area (Å²) in [5.41, 5.74) is 8.42. The third-order valence-electron chi connectivity index (χ3n) is 3.34. The van der Waals surface area contributed by atoms with Gasteiger partial charge in [0.1, 0.15) is 0 Å².